The molecule has 0 radical (unpaired) electrons. The van der Waals surface area contributed by atoms with Crippen molar-refractivity contribution in [2.24, 2.45) is 11.7 Å². The highest BCUT2D eigenvalue weighted by atomic mass is 32.2. The Bertz CT molecular complexity index is 409. The Hall–Kier alpha value is -0.240. The Morgan fingerprint density at radius 1 is 0.947 bits per heavy atom. The lowest BCUT2D eigenvalue weighted by Crippen LogP contribution is -2.48. The van der Waals surface area contributed by atoms with Crippen LogP contribution in [-0.4, -0.2) is 48.2 Å². The molecule has 2 aliphatic rings. The van der Waals surface area contributed by atoms with Crippen molar-refractivity contribution < 1.29 is 8.42 Å². The molecule has 7 heteroatoms. The number of hydrogen-bond acceptors (Lipinski definition) is 3. The lowest BCUT2D eigenvalue weighted by molar-refractivity contribution is 0.285. The molecule has 0 bridgehead atoms. The fourth-order valence-corrected chi connectivity index (χ4v) is 4.76. The quantitative estimate of drug-likeness (QED) is 0.793. The minimum atomic E-state index is -3.27. The Balaban J connectivity index is 1.98. The lowest BCUT2D eigenvalue weighted by atomic mass is 9.98. The van der Waals surface area contributed by atoms with Gasteiger partial charge in [-0.05, 0) is 25.7 Å². The summed E-state index contributed by atoms with van der Waals surface area (Å²) >= 11 is 4.99. The first-order valence-corrected chi connectivity index (χ1v) is 8.87. The van der Waals surface area contributed by atoms with Crippen molar-refractivity contribution in [3.8, 4) is 0 Å². The van der Waals surface area contributed by atoms with E-state index in [1.807, 2.05) is 0 Å². The van der Waals surface area contributed by atoms with Crippen molar-refractivity contribution in [1.29, 1.82) is 0 Å². The van der Waals surface area contributed by atoms with E-state index in [1.54, 1.807) is 8.61 Å². The van der Waals surface area contributed by atoms with Gasteiger partial charge in [-0.3, -0.25) is 0 Å². The maximum absolute atomic E-state index is 12.6. The Kier molecular flexibility index (Phi) is 5.16. The monoisotopic (exact) mass is 305 g/mol. The van der Waals surface area contributed by atoms with Gasteiger partial charge in [-0.15, -0.1) is 0 Å². The van der Waals surface area contributed by atoms with Gasteiger partial charge in [0, 0.05) is 32.1 Å². The topological polar surface area (TPSA) is 66.6 Å². The first kappa shape index (κ1) is 15.2. The molecule has 0 atom stereocenters. The molecule has 0 unspecified atom stereocenters. The molecule has 0 aliphatic carbocycles. The van der Waals surface area contributed by atoms with Gasteiger partial charge in [-0.25, -0.2) is 0 Å². The second-order valence-corrected chi connectivity index (χ2v) is 7.80. The van der Waals surface area contributed by atoms with Crippen molar-refractivity contribution in [3.05, 3.63) is 0 Å². The van der Waals surface area contributed by atoms with Gasteiger partial charge in [0.1, 0.15) is 0 Å². The maximum Gasteiger partial charge on any atom is 0.281 e. The zero-order valence-electron chi connectivity index (χ0n) is 11.3. The highest BCUT2D eigenvalue weighted by molar-refractivity contribution is 7.86. The van der Waals surface area contributed by atoms with Crippen LogP contribution < -0.4 is 5.73 Å². The summed E-state index contributed by atoms with van der Waals surface area (Å²) in [6.45, 7) is 2.41. The third kappa shape index (κ3) is 3.65. The van der Waals surface area contributed by atoms with Crippen molar-refractivity contribution in [2.45, 2.75) is 38.5 Å². The smallest absolute Gasteiger partial charge is 0.281 e. The fourth-order valence-electron chi connectivity index (χ4n) is 2.81. The molecule has 110 valence electrons. The van der Waals surface area contributed by atoms with Crippen molar-refractivity contribution in [2.75, 3.05) is 26.2 Å². The molecular formula is C12H23N3O2S2. The van der Waals surface area contributed by atoms with E-state index in [1.165, 1.54) is 0 Å². The van der Waals surface area contributed by atoms with Gasteiger partial charge in [-0.2, -0.15) is 17.0 Å². The molecule has 0 spiro atoms. The van der Waals surface area contributed by atoms with Crippen LogP contribution in [0.2, 0.25) is 0 Å². The van der Waals surface area contributed by atoms with Crippen LogP contribution in [0.15, 0.2) is 0 Å². The molecule has 2 heterocycles. The van der Waals surface area contributed by atoms with Gasteiger partial charge in [0.15, 0.2) is 0 Å². The average Bonchev–Trinajstić information content (AvgIpc) is 2.68. The van der Waals surface area contributed by atoms with E-state index < -0.39 is 10.2 Å². The summed E-state index contributed by atoms with van der Waals surface area (Å²) in [6.07, 6.45) is 5.72. The molecule has 5 nitrogen and oxygen atoms in total. The maximum atomic E-state index is 12.6. The molecule has 0 aromatic carbocycles. The van der Waals surface area contributed by atoms with E-state index in [0.29, 0.717) is 31.2 Å². The molecular weight excluding hydrogens is 282 g/mol. The molecule has 2 fully saturated rings. The van der Waals surface area contributed by atoms with E-state index in [9.17, 15) is 8.42 Å². The molecule has 0 aromatic heterocycles. The Labute approximate surface area is 121 Å². The first-order chi connectivity index (χ1) is 9.01. The summed E-state index contributed by atoms with van der Waals surface area (Å²) in [6, 6.07) is 0. The van der Waals surface area contributed by atoms with Crippen LogP contribution in [0.1, 0.15) is 38.5 Å². The van der Waals surface area contributed by atoms with Gasteiger partial charge in [0.25, 0.3) is 10.2 Å². The van der Waals surface area contributed by atoms with Gasteiger partial charge >= 0.3 is 0 Å². The standard InChI is InChI=1S/C12H23N3O2S2/c13-12(18)11-5-9-15(10-6-11)19(16,17)14-7-3-1-2-4-8-14/h11H,1-10H2,(H2,13,18). The number of nitrogens with two attached hydrogens (primary N) is 1. The third-order valence-electron chi connectivity index (χ3n) is 4.07. The van der Waals surface area contributed by atoms with Crippen LogP contribution in [0.5, 0.6) is 0 Å². The van der Waals surface area contributed by atoms with Crippen LogP contribution in [0.4, 0.5) is 0 Å². The molecule has 0 amide bonds. The van der Waals surface area contributed by atoms with Crippen LogP contribution in [0.3, 0.4) is 0 Å². The van der Waals surface area contributed by atoms with Crippen molar-refractivity contribution in [3.63, 3.8) is 0 Å². The Morgan fingerprint density at radius 3 is 1.89 bits per heavy atom. The van der Waals surface area contributed by atoms with Gasteiger partial charge in [0.05, 0.1) is 4.99 Å². The van der Waals surface area contributed by atoms with E-state index in [2.05, 4.69) is 0 Å². The van der Waals surface area contributed by atoms with E-state index in [4.69, 9.17) is 18.0 Å². The van der Waals surface area contributed by atoms with E-state index >= 15 is 0 Å². The third-order valence-corrected chi connectivity index (χ3v) is 6.44. The van der Waals surface area contributed by atoms with Crippen LogP contribution >= 0.6 is 12.2 Å². The van der Waals surface area contributed by atoms with Crippen molar-refractivity contribution in [1.82, 2.24) is 8.61 Å². The zero-order valence-corrected chi connectivity index (χ0v) is 12.9. The van der Waals surface area contributed by atoms with Crippen LogP contribution in [0, 0.1) is 5.92 Å². The lowest BCUT2D eigenvalue weighted by Gasteiger charge is -2.34. The first-order valence-electron chi connectivity index (χ1n) is 7.06. The minimum Gasteiger partial charge on any atom is -0.393 e. The molecule has 2 rings (SSSR count). The Morgan fingerprint density at radius 2 is 1.42 bits per heavy atom. The molecule has 0 saturated carbocycles. The largest absolute Gasteiger partial charge is 0.393 e. The predicted molar refractivity (Wildman–Crippen MR) is 80.0 cm³/mol. The normalized spacial score (nSPS) is 25.1. The highest BCUT2D eigenvalue weighted by Gasteiger charge is 2.33. The zero-order chi connectivity index (χ0) is 13.9. The number of hydrogen-bond donors (Lipinski definition) is 1. The second kappa shape index (κ2) is 6.47. The van der Waals surface area contributed by atoms with E-state index in [0.717, 1.165) is 38.5 Å². The predicted octanol–water partition coefficient (Wildman–Crippen LogP) is 1.11. The van der Waals surface area contributed by atoms with Gasteiger partial charge in [0.2, 0.25) is 0 Å². The van der Waals surface area contributed by atoms with Crippen LogP contribution in [-0.2, 0) is 10.2 Å². The molecule has 2 aliphatic heterocycles. The summed E-state index contributed by atoms with van der Waals surface area (Å²) in [7, 11) is -3.27. The number of piperidine rings is 1. The average molecular weight is 305 g/mol. The molecule has 2 N–H and O–H groups in total. The fraction of sp³-hybridized carbons (Fsp3) is 0.917. The molecule has 2 saturated heterocycles. The number of thiocarbonyl (C=S) groups is 1. The van der Waals surface area contributed by atoms with Crippen molar-refractivity contribution >= 4 is 27.4 Å². The van der Waals surface area contributed by atoms with Gasteiger partial charge < -0.3 is 5.73 Å². The number of nitrogens with zero attached hydrogens (tertiary/aromatic N) is 2. The van der Waals surface area contributed by atoms with Crippen LogP contribution in [0.25, 0.3) is 0 Å². The number of rotatable bonds is 3. The summed E-state index contributed by atoms with van der Waals surface area (Å²) in [5, 5.41) is 0. The van der Waals surface area contributed by atoms with Gasteiger partial charge in [-0.1, -0.05) is 25.1 Å². The molecule has 19 heavy (non-hydrogen) atoms. The minimum absolute atomic E-state index is 0.200. The second-order valence-electron chi connectivity index (χ2n) is 5.40. The summed E-state index contributed by atoms with van der Waals surface area (Å²) in [4.78, 5) is 0.520. The molecule has 0 aromatic rings. The highest BCUT2D eigenvalue weighted by Crippen LogP contribution is 2.23. The summed E-state index contributed by atoms with van der Waals surface area (Å²) < 4.78 is 28.4. The van der Waals surface area contributed by atoms with E-state index in [-0.39, 0.29) is 5.92 Å². The summed E-state index contributed by atoms with van der Waals surface area (Å²) in [5.74, 6) is 0.200. The SMILES string of the molecule is NC(=S)C1CCN(S(=O)(=O)N2CCCCCC2)CC1. The summed E-state index contributed by atoms with van der Waals surface area (Å²) in [5.41, 5.74) is 5.64.